The Hall–Kier alpha value is -3.35. The van der Waals surface area contributed by atoms with Gasteiger partial charge in [0.2, 0.25) is 5.91 Å². The molecule has 2 aromatic rings. The molecule has 0 aromatic heterocycles. The number of carbonyl (C=O) groups is 3. The predicted octanol–water partition coefficient (Wildman–Crippen LogP) is 4.80. The van der Waals surface area contributed by atoms with Crippen molar-refractivity contribution in [3.8, 4) is 11.1 Å². The number of carbonyl (C=O) groups excluding carboxylic acids is 2. The zero-order valence-electron chi connectivity index (χ0n) is 20.6. The molecule has 2 aromatic carbocycles. The molecule has 1 saturated carbocycles. The number of nitrogens with zero attached hydrogens (tertiary/aromatic N) is 1. The molecule has 0 saturated heterocycles. The van der Waals surface area contributed by atoms with Crippen LogP contribution in [0.4, 0.5) is 4.79 Å². The normalized spacial score (nSPS) is 17.0. The number of amides is 2. The SMILES string of the molecule is CCN(C(=O)CC(C)(NC(=O)OCC1c2ccccc2-c2ccccc21)C1CC1)C(C)CC(=O)O. The largest absolute Gasteiger partial charge is 0.481 e. The van der Waals surface area contributed by atoms with Crippen LogP contribution in [0.5, 0.6) is 0 Å². The predicted molar refractivity (Wildman–Crippen MR) is 133 cm³/mol. The van der Waals surface area contributed by atoms with Gasteiger partial charge in [-0.25, -0.2) is 4.79 Å². The van der Waals surface area contributed by atoms with Crippen molar-refractivity contribution in [3.05, 3.63) is 59.7 Å². The molecule has 0 heterocycles. The zero-order chi connectivity index (χ0) is 25.2. The lowest BCUT2D eigenvalue weighted by molar-refractivity contribution is -0.140. The van der Waals surface area contributed by atoms with E-state index in [1.165, 1.54) is 11.1 Å². The number of carboxylic acid groups (broad SMARTS) is 1. The van der Waals surface area contributed by atoms with Gasteiger partial charge >= 0.3 is 12.1 Å². The van der Waals surface area contributed by atoms with Crippen LogP contribution in [0.2, 0.25) is 0 Å². The van der Waals surface area contributed by atoms with E-state index in [9.17, 15) is 14.4 Å². The molecular formula is C28H34N2O5. The first kappa shape index (κ1) is 24.8. The van der Waals surface area contributed by atoms with Crippen LogP contribution in [0.25, 0.3) is 11.1 Å². The van der Waals surface area contributed by atoms with Crippen molar-refractivity contribution in [2.45, 2.75) is 64.0 Å². The molecule has 4 rings (SSSR count). The zero-order valence-corrected chi connectivity index (χ0v) is 20.6. The van der Waals surface area contributed by atoms with Gasteiger partial charge in [0.05, 0.1) is 18.4 Å². The Morgan fingerprint density at radius 2 is 1.66 bits per heavy atom. The lowest BCUT2D eigenvalue weighted by Crippen LogP contribution is -2.52. The standard InChI is InChI=1S/C28H34N2O5/c1-4-30(18(2)15-26(32)33)25(31)16-28(3,19-13-14-19)29-27(34)35-17-24-22-11-7-5-9-20(22)21-10-6-8-12-23(21)24/h5-12,18-19,24H,4,13-17H2,1-3H3,(H,29,34)(H,32,33). The average molecular weight is 479 g/mol. The van der Waals surface area contributed by atoms with Crippen LogP contribution in [0, 0.1) is 5.92 Å². The Kier molecular flexibility index (Phi) is 7.15. The van der Waals surface area contributed by atoms with E-state index in [1.54, 1.807) is 11.8 Å². The van der Waals surface area contributed by atoms with Crippen LogP contribution in [0.1, 0.15) is 63.5 Å². The average Bonchev–Trinajstić information content (AvgIpc) is 3.62. The molecule has 2 aliphatic rings. The molecule has 7 heteroatoms. The van der Waals surface area contributed by atoms with Gasteiger partial charge in [-0.2, -0.15) is 0 Å². The quantitative estimate of drug-likeness (QED) is 0.512. The maximum Gasteiger partial charge on any atom is 0.407 e. The Morgan fingerprint density at radius 3 is 2.17 bits per heavy atom. The van der Waals surface area contributed by atoms with E-state index in [-0.39, 0.29) is 37.2 Å². The highest BCUT2D eigenvalue weighted by molar-refractivity contribution is 5.81. The molecular weight excluding hydrogens is 444 g/mol. The molecule has 0 bridgehead atoms. The van der Waals surface area contributed by atoms with Crippen LogP contribution in [0.15, 0.2) is 48.5 Å². The summed E-state index contributed by atoms with van der Waals surface area (Å²) in [7, 11) is 0. The minimum atomic E-state index is -0.939. The molecule has 7 nitrogen and oxygen atoms in total. The second-order valence-electron chi connectivity index (χ2n) is 9.95. The summed E-state index contributed by atoms with van der Waals surface area (Å²) in [4.78, 5) is 38.7. The van der Waals surface area contributed by atoms with Gasteiger partial charge in [-0.1, -0.05) is 48.5 Å². The topological polar surface area (TPSA) is 95.9 Å². The second kappa shape index (κ2) is 10.1. The maximum atomic E-state index is 13.1. The van der Waals surface area contributed by atoms with E-state index in [4.69, 9.17) is 9.84 Å². The molecule has 2 N–H and O–H groups in total. The van der Waals surface area contributed by atoms with Crippen molar-refractivity contribution < 1.29 is 24.2 Å². The van der Waals surface area contributed by atoms with Gasteiger partial charge in [-0.05, 0) is 61.8 Å². The third-order valence-electron chi connectivity index (χ3n) is 7.39. The first-order chi connectivity index (χ1) is 16.7. The van der Waals surface area contributed by atoms with Crippen LogP contribution in [-0.4, -0.2) is 52.7 Å². The number of fused-ring (bicyclic) bond motifs is 3. The number of benzene rings is 2. The van der Waals surface area contributed by atoms with E-state index < -0.39 is 23.6 Å². The number of aliphatic carboxylic acids is 1. The van der Waals surface area contributed by atoms with Crippen molar-refractivity contribution in [1.82, 2.24) is 10.2 Å². The van der Waals surface area contributed by atoms with Gasteiger partial charge in [0.1, 0.15) is 6.61 Å². The molecule has 186 valence electrons. The van der Waals surface area contributed by atoms with Gasteiger partial charge in [0.25, 0.3) is 0 Å². The smallest absolute Gasteiger partial charge is 0.407 e. The number of carboxylic acids is 1. The lowest BCUT2D eigenvalue weighted by Gasteiger charge is -2.34. The third kappa shape index (κ3) is 5.34. The summed E-state index contributed by atoms with van der Waals surface area (Å²) in [6, 6.07) is 15.9. The van der Waals surface area contributed by atoms with Gasteiger partial charge in [-0.3, -0.25) is 9.59 Å². The molecule has 0 spiro atoms. The van der Waals surface area contributed by atoms with Crippen molar-refractivity contribution in [2.24, 2.45) is 5.92 Å². The van der Waals surface area contributed by atoms with Crippen molar-refractivity contribution in [3.63, 3.8) is 0 Å². The van der Waals surface area contributed by atoms with E-state index in [2.05, 4.69) is 29.6 Å². The summed E-state index contributed by atoms with van der Waals surface area (Å²) < 4.78 is 5.73. The Labute approximate surface area is 206 Å². The van der Waals surface area contributed by atoms with Crippen molar-refractivity contribution in [2.75, 3.05) is 13.2 Å². The van der Waals surface area contributed by atoms with Crippen LogP contribution in [0.3, 0.4) is 0 Å². The lowest BCUT2D eigenvalue weighted by atomic mass is 9.90. The summed E-state index contributed by atoms with van der Waals surface area (Å²) in [5.74, 6) is -0.935. The van der Waals surface area contributed by atoms with Crippen LogP contribution >= 0.6 is 0 Å². The minimum Gasteiger partial charge on any atom is -0.481 e. The summed E-state index contributed by atoms with van der Waals surface area (Å²) in [5.41, 5.74) is 3.89. The van der Waals surface area contributed by atoms with Crippen molar-refractivity contribution >= 4 is 18.0 Å². The highest BCUT2D eigenvalue weighted by Gasteiger charge is 2.45. The number of nitrogens with one attached hydrogen (secondary N) is 1. The highest BCUT2D eigenvalue weighted by Crippen LogP contribution is 2.45. The summed E-state index contributed by atoms with van der Waals surface area (Å²) >= 11 is 0. The van der Waals surface area contributed by atoms with Crippen molar-refractivity contribution in [1.29, 1.82) is 0 Å². The summed E-state index contributed by atoms with van der Waals surface area (Å²) in [6.07, 6.45) is 1.34. The first-order valence-corrected chi connectivity index (χ1v) is 12.4. The second-order valence-corrected chi connectivity index (χ2v) is 9.95. The highest BCUT2D eigenvalue weighted by atomic mass is 16.5. The number of hydrogen-bond acceptors (Lipinski definition) is 4. The molecule has 1 fully saturated rings. The molecule has 2 amide bonds. The molecule has 2 aliphatic carbocycles. The Bertz CT molecular complexity index is 1070. The number of hydrogen-bond donors (Lipinski definition) is 2. The van der Waals surface area contributed by atoms with Crippen LogP contribution in [-0.2, 0) is 14.3 Å². The Balaban J connectivity index is 1.42. The molecule has 0 radical (unpaired) electrons. The molecule has 35 heavy (non-hydrogen) atoms. The van der Waals surface area contributed by atoms with E-state index >= 15 is 0 Å². The maximum absolute atomic E-state index is 13.1. The first-order valence-electron chi connectivity index (χ1n) is 12.4. The fourth-order valence-corrected chi connectivity index (χ4v) is 5.39. The van der Waals surface area contributed by atoms with E-state index in [0.29, 0.717) is 6.54 Å². The third-order valence-corrected chi connectivity index (χ3v) is 7.39. The van der Waals surface area contributed by atoms with E-state index in [0.717, 1.165) is 24.0 Å². The fourth-order valence-electron chi connectivity index (χ4n) is 5.39. The Morgan fingerprint density at radius 1 is 1.09 bits per heavy atom. The number of alkyl carbamates (subject to hydrolysis) is 1. The number of rotatable bonds is 10. The monoisotopic (exact) mass is 478 g/mol. The molecule has 2 unspecified atom stereocenters. The van der Waals surface area contributed by atoms with Gasteiger partial charge < -0.3 is 20.1 Å². The number of ether oxygens (including phenoxy) is 1. The molecule has 0 aliphatic heterocycles. The van der Waals surface area contributed by atoms with Gasteiger partial charge in [0.15, 0.2) is 0 Å². The van der Waals surface area contributed by atoms with Gasteiger partial charge in [0, 0.05) is 18.5 Å². The van der Waals surface area contributed by atoms with Gasteiger partial charge in [-0.15, -0.1) is 0 Å². The van der Waals surface area contributed by atoms with Crippen LogP contribution < -0.4 is 5.32 Å². The summed E-state index contributed by atoms with van der Waals surface area (Å²) in [6.45, 7) is 6.09. The van der Waals surface area contributed by atoms with E-state index in [1.807, 2.05) is 38.1 Å². The molecule has 2 atom stereocenters. The minimum absolute atomic E-state index is 0.0329. The summed E-state index contributed by atoms with van der Waals surface area (Å²) in [5, 5.41) is 12.1. The fraction of sp³-hybridized carbons (Fsp3) is 0.464.